The van der Waals surface area contributed by atoms with Crippen LogP contribution in [0.1, 0.15) is 28.6 Å². The number of aliphatic carboxylic acids is 1. The number of anilines is 1. The van der Waals surface area contributed by atoms with Gasteiger partial charge in [-0.3, -0.25) is 14.2 Å². The molecule has 1 aliphatic rings. The summed E-state index contributed by atoms with van der Waals surface area (Å²) in [5.74, 6) is -1.09. The van der Waals surface area contributed by atoms with Crippen LogP contribution >= 0.6 is 0 Å². The highest BCUT2D eigenvalue weighted by atomic mass is 16.4. The second-order valence-corrected chi connectivity index (χ2v) is 4.98. The number of amides is 1. The van der Waals surface area contributed by atoms with E-state index in [2.05, 4.69) is 10.3 Å². The van der Waals surface area contributed by atoms with Crippen LogP contribution in [0.4, 0.5) is 5.69 Å². The lowest BCUT2D eigenvalue weighted by atomic mass is 10.2. The Bertz CT molecular complexity index is 798. The van der Waals surface area contributed by atoms with E-state index in [4.69, 9.17) is 5.11 Å². The second-order valence-electron chi connectivity index (χ2n) is 4.98. The third-order valence-corrected chi connectivity index (χ3v) is 3.59. The quantitative estimate of drug-likeness (QED) is 0.882. The molecular weight excluding hydrogens is 286 g/mol. The molecule has 1 unspecified atom stereocenters. The van der Waals surface area contributed by atoms with E-state index in [1.165, 1.54) is 6.20 Å². The van der Waals surface area contributed by atoms with Crippen molar-refractivity contribution in [2.75, 3.05) is 5.32 Å². The number of nitrogens with zero attached hydrogens (tertiary/aromatic N) is 2. The number of carboxylic acids is 1. The van der Waals surface area contributed by atoms with Crippen molar-refractivity contribution in [3.05, 3.63) is 58.3 Å². The van der Waals surface area contributed by atoms with Crippen LogP contribution in [0.15, 0.2) is 41.3 Å². The number of carbonyl (C=O) groups is 2. The molecule has 0 fully saturated rings. The molecule has 0 bridgehead atoms. The molecule has 112 valence electrons. The van der Waals surface area contributed by atoms with Gasteiger partial charge in [0.15, 0.2) is 0 Å². The minimum Gasteiger partial charge on any atom is -0.480 e. The minimum absolute atomic E-state index is 0.0225. The number of hydrogen-bond acceptors (Lipinski definition) is 4. The van der Waals surface area contributed by atoms with Crippen molar-refractivity contribution in [2.45, 2.75) is 18.9 Å². The van der Waals surface area contributed by atoms with Gasteiger partial charge in [-0.05, 0) is 18.6 Å². The molecule has 22 heavy (non-hydrogen) atoms. The van der Waals surface area contributed by atoms with Gasteiger partial charge in [-0.15, -0.1) is 0 Å². The minimum atomic E-state index is -1.07. The third kappa shape index (κ3) is 2.37. The third-order valence-electron chi connectivity index (χ3n) is 3.59. The van der Waals surface area contributed by atoms with Crippen molar-refractivity contribution in [2.24, 2.45) is 0 Å². The van der Waals surface area contributed by atoms with Crippen molar-refractivity contribution >= 4 is 17.6 Å². The van der Waals surface area contributed by atoms with Crippen molar-refractivity contribution in [1.29, 1.82) is 0 Å². The standard InChI is InChI=1S/C15H13N3O4/c19-13(9-4-2-1-3-5-9)17-10-8-16-12-7-6-11(15(21)22)18(12)14(10)20/h1-5,8,11H,6-7H2,(H,17,19)(H,21,22). The van der Waals surface area contributed by atoms with E-state index in [9.17, 15) is 14.4 Å². The zero-order valence-corrected chi connectivity index (χ0v) is 11.5. The molecule has 2 aromatic rings. The molecule has 2 heterocycles. The number of rotatable bonds is 3. The Hall–Kier alpha value is -2.96. The van der Waals surface area contributed by atoms with Crippen LogP contribution in [-0.2, 0) is 11.2 Å². The predicted octanol–water partition coefficient (Wildman–Crippen LogP) is 1.07. The van der Waals surface area contributed by atoms with Gasteiger partial charge in [0.1, 0.15) is 17.6 Å². The van der Waals surface area contributed by atoms with Crippen molar-refractivity contribution < 1.29 is 14.7 Å². The van der Waals surface area contributed by atoms with Gasteiger partial charge in [0, 0.05) is 12.0 Å². The van der Waals surface area contributed by atoms with E-state index in [1.54, 1.807) is 30.3 Å². The Morgan fingerprint density at radius 1 is 1.27 bits per heavy atom. The summed E-state index contributed by atoms with van der Waals surface area (Å²) < 4.78 is 1.14. The normalized spacial score (nSPS) is 16.1. The Morgan fingerprint density at radius 2 is 2.00 bits per heavy atom. The summed E-state index contributed by atoms with van der Waals surface area (Å²) >= 11 is 0. The Kier molecular flexibility index (Phi) is 3.46. The van der Waals surface area contributed by atoms with Gasteiger partial charge in [0.25, 0.3) is 11.5 Å². The average Bonchev–Trinajstić information content (AvgIpc) is 2.96. The van der Waals surface area contributed by atoms with Crippen LogP contribution in [0.5, 0.6) is 0 Å². The summed E-state index contributed by atoms with van der Waals surface area (Å²) in [6.45, 7) is 0. The first-order valence-electron chi connectivity index (χ1n) is 6.77. The highest BCUT2D eigenvalue weighted by Crippen LogP contribution is 2.23. The number of aryl methyl sites for hydroxylation is 1. The summed E-state index contributed by atoms with van der Waals surface area (Å²) in [6.07, 6.45) is 2.03. The molecule has 7 nitrogen and oxygen atoms in total. The second kappa shape index (κ2) is 5.44. The predicted molar refractivity (Wildman–Crippen MR) is 77.9 cm³/mol. The largest absolute Gasteiger partial charge is 0.480 e. The van der Waals surface area contributed by atoms with E-state index in [-0.39, 0.29) is 5.69 Å². The summed E-state index contributed by atoms with van der Waals surface area (Å²) in [5, 5.41) is 11.6. The van der Waals surface area contributed by atoms with Gasteiger partial charge in [-0.2, -0.15) is 0 Å². The van der Waals surface area contributed by atoms with Crippen molar-refractivity contribution in [3.63, 3.8) is 0 Å². The van der Waals surface area contributed by atoms with Crippen LogP contribution < -0.4 is 10.9 Å². The van der Waals surface area contributed by atoms with E-state index in [1.807, 2.05) is 0 Å². The van der Waals surface area contributed by atoms with Crippen LogP contribution in [0, 0.1) is 0 Å². The summed E-state index contributed by atoms with van der Waals surface area (Å²) in [6, 6.07) is 7.51. The molecule has 0 aliphatic carbocycles. The maximum Gasteiger partial charge on any atom is 0.326 e. The zero-order chi connectivity index (χ0) is 15.7. The highest BCUT2D eigenvalue weighted by Gasteiger charge is 2.31. The molecule has 1 atom stereocenters. The summed E-state index contributed by atoms with van der Waals surface area (Å²) in [5.41, 5.74) is -0.160. The van der Waals surface area contributed by atoms with Gasteiger partial charge in [0.05, 0.1) is 6.20 Å². The van der Waals surface area contributed by atoms with Crippen molar-refractivity contribution in [1.82, 2.24) is 9.55 Å². The number of hydrogen-bond donors (Lipinski definition) is 2. The lowest BCUT2D eigenvalue weighted by Crippen LogP contribution is -2.31. The fraction of sp³-hybridized carbons (Fsp3) is 0.200. The molecule has 0 saturated carbocycles. The van der Waals surface area contributed by atoms with Gasteiger partial charge >= 0.3 is 5.97 Å². The first kappa shape index (κ1) is 14.0. The van der Waals surface area contributed by atoms with E-state index in [0.29, 0.717) is 24.2 Å². The lowest BCUT2D eigenvalue weighted by Gasteiger charge is -2.11. The lowest BCUT2D eigenvalue weighted by molar-refractivity contribution is -0.140. The zero-order valence-electron chi connectivity index (χ0n) is 11.5. The fourth-order valence-electron chi connectivity index (χ4n) is 2.51. The van der Waals surface area contributed by atoms with Crippen LogP contribution in [0.2, 0.25) is 0 Å². The number of carbonyl (C=O) groups excluding carboxylic acids is 1. The molecule has 1 amide bonds. The molecule has 7 heteroatoms. The Balaban J connectivity index is 1.94. The van der Waals surface area contributed by atoms with Crippen molar-refractivity contribution in [3.8, 4) is 0 Å². The Morgan fingerprint density at radius 3 is 2.68 bits per heavy atom. The topological polar surface area (TPSA) is 101 Å². The van der Waals surface area contributed by atoms with Gasteiger partial charge in [0.2, 0.25) is 0 Å². The molecule has 0 radical (unpaired) electrons. The number of benzene rings is 1. The molecular formula is C15H13N3O4. The SMILES string of the molecule is O=C(Nc1cnc2n(c1=O)C(C(=O)O)CC2)c1ccccc1. The highest BCUT2D eigenvalue weighted by molar-refractivity contribution is 6.04. The van der Waals surface area contributed by atoms with Gasteiger partial charge in [-0.25, -0.2) is 9.78 Å². The van der Waals surface area contributed by atoms with Gasteiger partial charge < -0.3 is 10.4 Å². The summed E-state index contributed by atoms with van der Waals surface area (Å²) in [7, 11) is 0. The van der Waals surface area contributed by atoms with E-state index < -0.39 is 23.5 Å². The maximum atomic E-state index is 12.4. The van der Waals surface area contributed by atoms with Crippen LogP contribution in [0.25, 0.3) is 0 Å². The fourth-order valence-corrected chi connectivity index (χ4v) is 2.51. The first-order chi connectivity index (χ1) is 10.6. The van der Waals surface area contributed by atoms with E-state index in [0.717, 1.165) is 4.57 Å². The molecule has 1 aromatic heterocycles. The van der Waals surface area contributed by atoms with Crippen LogP contribution in [-0.4, -0.2) is 26.5 Å². The number of fused-ring (bicyclic) bond motifs is 1. The molecule has 1 aliphatic heterocycles. The number of carboxylic acid groups (broad SMARTS) is 1. The number of aromatic nitrogens is 2. The molecule has 0 saturated heterocycles. The maximum absolute atomic E-state index is 12.4. The smallest absolute Gasteiger partial charge is 0.326 e. The molecule has 3 rings (SSSR count). The summed E-state index contributed by atoms with van der Waals surface area (Å²) in [4.78, 5) is 39.7. The van der Waals surface area contributed by atoms with Gasteiger partial charge in [-0.1, -0.05) is 18.2 Å². The van der Waals surface area contributed by atoms with Crippen LogP contribution in [0.3, 0.4) is 0 Å². The Labute approximate surface area is 125 Å². The van der Waals surface area contributed by atoms with E-state index >= 15 is 0 Å². The molecule has 1 aromatic carbocycles. The number of nitrogens with one attached hydrogen (secondary N) is 1. The average molecular weight is 299 g/mol. The molecule has 2 N–H and O–H groups in total. The monoisotopic (exact) mass is 299 g/mol. The molecule has 0 spiro atoms. The first-order valence-corrected chi connectivity index (χ1v) is 6.77.